The summed E-state index contributed by atoms with van der Waals surface area (Å²) < 4.78 is 1.66. The molecule has 0 aliphatic carbocycles. The van der Waals surface area contributed by atoms with Crippen molar-refractivity contribution in [1.29, 1.82) is 0 Å². The van der Waals surface area contributed by atoms with Crippen LogP contribution in [-0.2, 0) is 13.0 Å². The fraction of sp³-hybridized carbons (Fsp3) is 0.438. The van der Waals surface area contributed by atoms with E-state index in [2.05, 4.69) is 15.5 Å². The van der Waals surface area contributed by atoms with E-state index in [4.69, 9.17) is 0 Å². The van der Waals surface area contributed by atoms with Crippen LogP contribution in [0.15, 0.2) is 23.0 Å². The Bertz CT molecular complexity index is 760. The summed E-state index contributed by atoms with van der Waals surface area (Å²) in [5, 5.41) is 9.59. The average molecular weight is 300 g/mol. The van der Waals surface area contributed by atoms with Gasteiger partial charge in [-0.15, -0.1) is 0 Å². The fourth-order valence-electron chi connectivity index (χ4n) is 2.89. The molecule has 0 fully saturated rings. The minimum Gasteiger partial charge on any atom is -0.349 e. The number of carbonyl (C=O) groups is 1. The number of amides is 1. The largest absolute Gasteiger partial charge is 0.349 e. The number of carbonyl (C=O) groups excluding carboxylic acids is 1. The van der Waals surface area contributed by atoms with Gasteiger partial charge in [0.1, 0.15) is 5.82 Å². The quantitative estimate of drug-likeness (QED) is 0.878. The maximum atomic E-state index is 12.5. The highest BCUT2D eigenvalue weighted by Crippen LogP contribution is 2.14. The molecule has 2 N–H and O–H groups in total. The lowest BCUT2D eigenvalue weighted by atomic mass is 10.0. The third-order valence-electron chi connectivity index (χ3n) is 4.23. The minimum atomic E-state index is -0.170. The summed E-state index contributed by atoms with van der Waals surface area (Å²) in [6, 6.07) is 5.95. The molecule has 6 heteroatoms. The molecule has 0 saturated heterocycles. The molecule has 0 bridgehead atoms. The normalized spacial score (nSPS) is 17.6. The highest BCUT2D eigenvalue weighted by atomic mass is 16.2. The highest BCUT2D eigenvalue weighted by Gasteiger charge is 2.21. The van der Waals surface area contributed by atoms with Gasteiger partial charge in [-0.3, -0.25) is 9.36 Å². The van der Waals surface area contributed by atoms with Gasteiger partial charge in [0.15, 0.2) is 0 Å². The first-order valence-electron chi connectivity index (χ1n) is 7.57. The van der Waals surface area contributed by atoms with E-state index in [1.807, 2.05) is 32.0 Å². The zero-order valence-electron chi connectivity index (χ0n) is 12.8. The molecule has 2 aromatic rings. The van der Waals surface area contributed by atoms with Crippen molar-refractivity contribution in [3.63, 3.8) is 0 Å². The van der Waals surface area contributed by atoms with Gasteiger partial charge in [-0.2, -0.15) is 5.10 Å². The van der Waals surface area contributed by atoms with E-state index in [0.717, 1.165) is 35.4 Å². The molecule has 0 radical (unpaired) electrons. The molecule has 1 atom stereocenters. The van der Waals surface area contributed by atoms with Crippen molar-refractivity contribution in [1.82, 2.24) is 20.1 Å². The number of aromatic amines is 1. The third kappa shape index (κ3) is 2.81. The number of fused-ring (bicyclic) bond motifs is 1. The minimum absolute atomic E-state index is 0.0420. The molecular formula is C16H20N4O2. The topological polar surface area (TPSA) is 79.8 Å². The lowest BCUT2D eigenvalue weighted by molar-refractivity contribution is 0.0932. The smallest absolute Gasteiger partial charge is 0.343 e. The Morgan fingerprint density at radius 3 is 3.00 bits per heavy atom. The van der Waals surface area contributed by atoms with Crippen LogP contribution in [0.1, 0.15) is 40.2 Å². The Hall–Kier alpha value is -2.37. The number of hydrogen-bond donors (Lipinski definition) is 2. The number of benzene rings is 1. The molecule has 1 aromatic carbocycles. The first-order valence-corrected chi connectivity index (χ1v) is 7.57. The molecule has 0 saturated carbocycles. The predicted molar refractivity (Wildman–Crippen MR) is 83.0 cm³/mol. The van der Waals surface area contributed by atoms with Gasteiger partial charge in [0, 0.05) is 24.6 Å². The van der Waals surface area contributed by atoms with E-state index in [0.29, 0.717) is 13.0 Å². The van der Waals surface area contributed by atoms with Crippen LogP contribution in [-0.4, -0.2) is 26.7 Å². The van der Waals surface area contributed by atoms with E-state index in [1.165, 1.54) is 0 Å². The Kier molecular flexibility index (Phi) is 3.83. The standard InChI is InChI=1S/C16H20N4O2/c1-10-3-4-11(2)13(9-10)15(21)17-12-5-6-14-18-19-16(22)20(14)8-7-12/h3-4,9,12H,5-8H2,1-2H3,(H,17,21)(H,19,22). The van der Waals surface area contributed by atoms with Gasteiger partial charge < -0.3 is 5.32 Å². The SMILES string of the molecule is Cc1ccc(C)c(C(=O)NC2CCc3n[nH]c(=O)n3CC2)c1. The molecule has 1 aromatic heterocycles. The maximum absolute atomic E-state index is 12.5. The Labute approximate surface area is 128 Å². The summed E-state index contributed by atoms with van der Waals surface area (Å²) >= 11 is 0. The van der Waals surface area contributed by atoms with Crippen LogP contribution in [0, 0.1) is 13.8 Å². The molecule has 116 valence electrons. The van der Waals surface area contributed by atoms with Gasteiger partial charge in [0.2, 0.25) is 0 Å². The molecule has 2 heterocycles. The van der Waals surface area contributed by atoms with Crippen LogP contribution < -0.4 is 11.0 Å². The number of aromatic nitrogens is 3. The number of nitrogens with one attached hydrogen (secondary N) is 2. The first-order chi connectivity index (χ1) is 10.5. The molecule has 1 amide bonds. The molecule has 1 unspecified atom stereocenters. The number of nitrogens with zero attached hydrogens (tertiary/aromatic N) is 2. The van der Waals surface area contributed by atoms with Gasteiger partial charge in [-0.05, 0) is 38.3 Å². The van der Waals surface area contributed by atoms with Crippen molar-refractivity contribution in [3.8, 4) is 0 Å². The summed E-state index contributed by atoms with van der Waals surface area (Å²) in [4.78, 5) is 24.1. The van der Waals surface area contributed by atoms with Crippen molar-refractivity contribution in [3.05, 3.63) is 51.2 Å². The molecule has 3 rings (SSSR count). The van der Waals surface area contributed by atoms with Crippen LogP contribution >= 0.6 is 0 Å². The van der Waals surface area contributed by atoms with Gasteiger partial charge in [0.25, 0.3) is 5.91 Å². The second kappa shape index (κ2) is 5.79. The monoisotopic (exact) mass is 300 g/mol. The van der Waals surface area contributed by atoms with Gasteiger partial charge in [0.05, 0.1) is 0 Å². The second-order valence-electron chi connectivity index (χ2n) is 5.91. The fourth-order valence-corrected chi connectivity index (χ4v) is 2.89. The summed E-state index contributed by atoms with van der Waals surface area (Å²) in [6.07, 6.45) is 2.22. The van der Waals surface area contributed by atoms with Crippen molar-refractivity contribution in [2.75, 3.05) is 0 Å². The average Bonchev–Trinajstić information content (AvgIpc) is 2.72. The molecule has 22 heavy (non-hydrogen) atoms. The van der Waals surface area contributed by atoms with Gasteiger partial charge >= 0.3 is 5.69 Å². The Morgan fingerprint density at radius 2 is 2.18 bits per heavy atom. The molecule has 6 nitrogen and oxygen atoms in total. The van der Waals surface area contributed by atoms with E-state index in [1.54, 1.807) is 4.57 Å². The number of H-pyrrole nitrogens is 1. The van der Waals surface area contributed by atoms with E-state index >= 15 is 0 Å². The van der Waals surface area contributed by atoms with Crippen molar-refractivity contribution in [2.45, 2.75) is 45.7 Å². The second-order valence-corrected chi connectivity index (χ2v) is 5.91. The summed E-state index contributed by atoms with van der Waals surface area (Å²) in [5.74, 6) is 0.730. The van der Waals surface area contributed by atoms with Crippen molar-refractivity contribution < 1.29 is 4.79 Å². The van der Waals surface area contributed by atoms with Crippen LogP contribution in [0.3, 0.4) is 0 Å². The van der Waals surface area contributed by atoms with E-state index in [9.17, 15) is 9.59 Å². The molecule has 0 spiro atoms. The summed E-state index contributed by atoms with van der Waals surface area (Å²) in [5.41, 5.74) is 2.60. The molecule has 1 aliphatic heterocycles. The van der Waals surface area contributed by atoms with Crippen molar-refractivity contribution in [2.24, 2.45) is 0 Å². The number of rotatable bonds is 2. The van der Waals surface area contributed by atoms with Gasteiger partial charge in [-0.1, -0.05) is 17.7 Å². The van der Waals surface area contributed by atoms with Gasteiger partial charge in [-0.25, -0.2) is 9.89 Å². The van der Waals surface area contributed by atoms with Crippen LogP contribution in [0.25, 0.3) is 0 Å². The highest BCUT2D eigenvalue weighted by molar-refractivity contribution is 5.96. The third-order valence-corrected chi connectivity index (χ3v) is 4.23. The Morgan fingerprint density at radius 1 is 1.36 bits per heavy atom. The maximum Gasteiger partial charge on any atom is 0.343 e. The Balaban J connectivity index is 1.70. The number of hydrogen-bond acceptors (Lipinski definition) is 3. The first kappa shape index (κ1) is 14.6. The summed E-state index contributed by atoms with van der Waals surface area (Å²) in [6.45, 7) is 4.51. The van der Waals surface area contributed by atoms with E-state index < -0.39 is 0 Å². The van der Waals surface area contributed by atoms with E-state index in [-0.39, 0.29) is 17.6 Å². The zero-order valence-corrected chi connectivity index (χ0v) is 12.8. The van der Waals surface area contributed by atoms with Crippen LogP contribution in [0.4, 0.5) is 0 Å². The predicted octanol–water partition coefficient (Wildman–Crippen LogP) is 1.32. The summed E-state index contributed by atoms with van der Waals surface area (Å²) in [7, 11) is 0. The van der Waals surface area contributed by atoms with Crippen molar-refractivity contribution >= 4 is 5.91 Å². The lowest BCUT2D eigenvalue weighted by Crippen LogP contribution is -2.35. The lowest BCUT2D eigenvalue weighted by Gasteiger charge is -2.17. The zero-order chi connectivity index (χ0) is 15.7. The number of aryl methyl sites for hydroxylation is 3. The molecule has 1 aliphatic rings. The van der Waals surface area contributed by atoms with Crippen LogP contribution in [0.2, 0.25) is 0 Å². The molecular weight excluding hydrogens is 280 g/mol. The van der Waals surface area contributed by atoms with Crippen LogP contribution in [0.5, 0.6) is 0 Å².